The smallest absolute Gasteiger partial charge is 0.252 e. The first-order valence-corrected chi connectivity index (χ1v) is 6.08. The van der Waals surface area contributed by atoms with E-state index in [4.69, 9.17) is 23.8 Å². The zero-order chi connectivity index (χ0) is 13.1. The molecule has 5 nitrogen and oxygen atoms in total. The topological polar surface area (TPSA) is 57.1 Å². The lowest BCUT2D eigenvalue weighted by Crippen LogP contribution is -2.39. The third-order valence-electron chi connectivity index (χ3n) is 2.59. The molecule has 0 spiro atoms. The Morgan fingerprint density at radius 2 is 2.28 bits per heavy atom. The van der Waals surface area contributed by atoms with Crippen LogP contribution in [0.5, 0.6) is 0 Å². The molecular weight excluding hydrogens is 272 g/mol. The number of nitrogens with zero attached hydrogens (tertiary/aromatic N) is 3. The second kappa shape index (κ2) is 5.41. The molecule has 0 saturated heterocycles. The maximum atomic E-state index is 11.9. The van der Waals surface area contributed by atoms with Gasteiger partial charge in [0, 0.05) is 7.05 Å². The molecule has 1 amide bonds. The molecule has 1 atom stereocenters. The summed E-state index contributed by atoms with van der Waals surface area (Å²) >= 11 is 10.9. The maximum absolute atomic E-state index is 11.9. The number of nitrogens with one attached hydrogen (secondary N) is 1. The molecule has 0 radical (unpaired) electrons. The van der Waals surface area contributed by atoms with Gasteiger partial charge in [-0.15, -0.1) is 5.11 Å². The lowest BCUT2D eigenvalue weighted by atomic mass is 10.2. The van der Waals surface area contributed by atoms with Gasteiger partial charge in [-0.2, -0.15) is 5.11 Å². The van der Waals surface area contributed by atoms with Crippen LogP contribution in [-0.2, 0) is 0 Å². The van der Waals surface area contributed by atoms with Crippen molar-refractivity contribution in [2.24, 2.45) is 10.2 Å². The van der Waals surface area contributed by atoms with Gasteiger partial charge in [-0.25, -0.2) is 0 Å². The second-order valence-electron chi connectivity index (χ2n) is 3.78. The summed E-state index contributed by atoms with van der Waals surface area (Å²) in [4.78, 5) is 13.6. The number of hydrogen-bond donors (Lipinski definition) is 1. The van der Waals surface area contributed by atoms with Gasteiger partial charge >= 0.3 is 0 Å². The van der Waals surface area contributed by atoms with Crippen LogP contribution in [0.25, 0.3) is 0 Å². The molecular formula is C11H11ClN4OS. The number of likely N-dealkylation sites (N-methyl/N-ethyl adjacent to an activating group) is 1. The van der Waals surface area contributed by atoms with Crippen molar-refractivity contribution in [1.82, 2.24) is 10.2 Å². The molecule has 18 heavy (non-hydrogen) atoms. The Bertz CT molecular complexity index is 520. The first kappa shape index (κ1) is 12.9. The summed E-state index contributed by atoms with van der Waals surface area (Å²) in [5.41, 5.74) is 0.444. The van der Waals surface area contributed by atoms with E-state index in [1.54, 1.807) is 36.2 Å². The van der Waals surface area contributed by atoms with Crippen LogP contribution in [-0.4, -0.2) is 35.7 Å². The Labute approximate surface area is 115 Å². The predicted octanol–water partition coefficient (Wildman–Crippen LogP) is 2.08. The van der Waals surface area contributed by atoms with Crippen molar-refractivity contribution in [2.45, 2.75) is 6.17 Å². The number of benzene rings is 1. The summed E-state index contributed by atoms with van der Waals surface area (Å²) in [5.74, 6) is -0.234. The van der Waals surface area contributed by atoms with Crippen molar-refractivity contribution >= 4 is 34.8 Å². The van der Waals surface area contributed by atoms with Crippen molar-refractivity contribution in [3.63, 3.8) is 0 Å². The first-order chi connectivity index (χ1) is 8.59. The van der Waals surface area contributed by atoms with Crippen molar-refractivity contribution in [3.05, 3.63) is 34.9 Å². The zero-order valence-corrected chi connectivity index (χ0v) is 11.2. The fourth-order valence-corrected chi connectivity index (χ4v) is 1.88. The van der Waals surface area contributed by atoms with E-state index in [0.29, 0.717) is 22.2 Å². The summed E-state index contributed by atoms with van der Waals surface area (Å²) < 4.78 is 0. The highest BCUT2D eigenvalue weighted by Gasteiger charge is 2.23. The first-order valence-electron chi connectivity index (χ1n) is 5.30. The van der Waals surface area contributed by atoms with Crippen LogP contribution >= 0.6 is 23.8 Å². The van der Waals surface area contributed by atoms with Crippen molar-refractivity contribution in [2.75, 3.05) is 13.6 Å². The molecule has 0 aliphatic carbocycles. The number of hydrogen-bond acceptors (Lipinski definition) is 3. The molecule has 1 unspecified atom stereocenters. The van der Waals surface area contributed by atoms with E-state index in [1.807, 2.05) is 0 Å². The third kappa shape index (κ3) is 2.65. The Balaban J connectivity index is 1.96. The monoisotopic (exact) mass is 282 g/mol. The molecule has 1 aromatic rings. The minimum Gasteiger partial charge on any atom is -0.348 e. The third-order valence-corrected chi connectivity index (χ3v) is 3.29. The van der Waals surface area contributed by atoms with Crippen molar-refractivity contribution in [3.8, 4) is 0 Å². The molecule has 1 heterocycles. The Kier molecular flexibility index (Phi) is 3.88. The van der Waals surface area contributed by atoms with E-state index in [2.05, 4.69) is 15.5 Å². The molecule has 1 aliphatic heterocycles. The second-order valence-corrected chi connectivity index (χ2v) is 4.55. The van der Waals surface area contributed by atoms with Gasteiger partial charge in [0.15, 0.2) is 6.17 Å². The molecule has 7 heteroatoms. The average Bonchev–Trinajstić information content (AvgIpc) is 2.68. The number of rotatable bonds is 3. The molecule has 0 fully saturated rings. The molecule has 0 saturated carbocycles. The number of thiocarbonyl (C=S) groups is 1. The average molecular weight is 283 g/mol. The fourth-order valence-electron chi connectivity index (χ4n) is 1.49. The SMILES string of the molecule is CN1C(=S)N=NC1CNC(=O)c1ccccc1Cl. The minimum atomic E-state index is -0.246. The quantitative estimate of drug-likeness (QED) is 0.864. The van der Waals surface area contributed by atoms with E-state index in [1.165, 1.54) is 0 Å². The van der Waals surface area contributed by atoms with Crippen LogP contribution in [0.3, 0.4) is 0 Å². The van der Waals surface area contributed by atoms with E-state index >= 15 is 0 Å². The van der Waals surface area contributed by atoms with Gasteiger partial charge in [0.05, 0.1) is 17.1 Å². The van der Waals surface area contributed by atoms with Gasteiger partial charge in [-0.1, -0.05) is 23.7 Å². The van der Waals surface area contributed by atoms with Crippen LogP contribution in [0.1, 0.15) is 10.4 Å². The van der Waals surface area contributed by atoms with Crippen molar-refractivity contribution < 1.29 is 4.79 Å². The predicted molar refractivity (Wildman–Crippen MR) is 72.8 cm³/mol. The number of halogens is 1. The fraction of sp³-hybridized carbons (Fsp3) is 0.273. The normalized spacial score (nSPS) is 18.2. The molecule has 1 aromatic carbocycles. The zero-order valence-electron chi connectivity index (χ0n) is 9.63. The highest BCUT2D eigenvalue weighted by Crippen LogP contribution is 2.15. The molecule has 1 aliphatic rings. The van der Waals surface area contributed by atoms with E-state index < -0.39 is 0 Å². The lowest BCUT2D eigenvalue weighted by Gasteiger charge is -2.17. The summed E-state index contributed by atoms with van der Waals surface area (Å²) in [5, 5.41) is 11.3. The summed E-state index contributed by atoms with van der Waals surface area (Å²) in [6.07, 6.45) is -0.246. The summed E-state index contributed by atoms with van der Waals surface area (Å²) in [6, 6.07) is 6.88. The Morgan fingerprint density at radius 3 is 2.89 bits per heavy atom. The summed E-state index contributed by atoms with van der Waals surface area (Å²) in [6.45, 7) is 0.337. The van der Waals surface area contributed by atoms with Gasteiger partial charge < -0.3 is 10.2 Å². The molecule has 0 aromatic heterocycles. The van der Waals surface area contributed by atoms with Crippen molar-refractivity contribution in [1.29, 1.82) is 0 Å². The Morgan fingerprint density at radius 1 is 1.56 bits per heavy atom. The molecule has 0 bridgehead atoms. The van der Waals surface area contributed by atoms with Crippen LogP contribution in [0.2, 0.25) is 5.02 Å². The lowest BCUT2D eigenvalue weighted by molar-refractivity contribution is 0.0946. The van der Waals surface area contributed by atoms with Crippen LogP contribution in [0.4, 0.5) is 0 Å². The number of amides is 1. The van der Waals surface area contributed by atoms with E-state index in [0.717, 1.165) is 0 Å². The van der Waals surface area contributed by atoms with Gasteiger partial charge in [0.1, 0.15) is 0 Å². The maximum Gasteiger partial charge on any atom is 0.252 e. The number of carbonyl (C=O) groups excluding carboxylic acids is 1. The highest BCUT2D eigenvalue weighted by atomic mass is 35.5. The Hall–Kier alpha value is -1.53. The minimum absolute atomic E-state index is 0.234. The van der Waals surface area contributed by atoms with Gasteiger partial charge in [-0.3, -0.25) is 4.79 Å². The summed E-state index contributed by atoms with van der Waals surface area (Å²) in [7, 11) is 1.79. The molecule has 94 valence electrons. The van der Waals surface area contributed by atoms with Gasteiger partial charge in [0.2, 0.25) is 5.11 Å². The van der Waals surface area contributed by atoms with Crippen LogP contribution in [0, 0.1) is 0 Å². The number of carbonyl (C=O) groups is 1. The van der Waals surface area contributed by atoms with Gasteiger partial charge in [-0.05, 0) is 24.4 Å². The standard InChI is InChI=1S/C11H11ClN4OS/c1-16-9(14-15-11(16)18)6-13-10(17)7-4-2-3-5-8(7)12/h2-5,9H,6H2,1H3,(H,13,17). The van der Waals surface area contributed by atoms with Crippen LogP contribution in [0.15, 0.2) is 34.5 Å². The van der Waals surface area contributed by atoms with E-state index in [9.17, 15) is 4.79 Å². The largest absolute Gasteiger partial charge is 0.348 e. The van der Waals surface area contributed by atoms with E-state index in [-0.39, 0.29) is 12.1 Å². The van der Waals surface area contributed by atoms with Crippen LogP contribution < -0.4 is 5.32 Å². The molecule has 2 rings (SSSR count). The van der Waals surface area contributed by atoms with Gasteiger partial charge in [0.25, 0.3) is 5.91 Å². The molecule has 1 N–H and O–H groups in total. The highest BCUT2D eigenvalue weighted by molar-refractivity contribution is 7.80. The number of azo groups is 1.